The molecule has 0 fully saturated rings. The summed E-state index contributed by atoms with van der Waals surface area (Å²) in [6.07, 6.45) is 2.82. The van der Waals surface area contributed by atoms with Gasteiger partial charge in [0.05, 0.1) is 6.54 Å². The van der Waals surface area contributed by atoms with E-state index in [4.69, 9.17) is 11.5 Å². The summed E-state index contributed by atoms with van der Waals surface area (Å²) in [5.41, 5.74) is 10.8. The zero-order valence-corrected chi connectivity index (χ0v) is 6.12. The molecule has 4 heteroatoms. The van der Waals surface area contributed by atoms with E-state index >= 15 is 0 Å². The molecule has 0 bridgehead atoms. The van der Waals surface area contributed by atoms with Gasteiger partial charge in [-0.1, -0.05) is 11.6 Å². The normalized spacial score (nSPS) is 13.0. The molecule has 0 amide bonds. The Morgan fingerprint density at radius 1 is 1.40 bits per heavy atom. The van der Waals surface area contributed by atoms with Crippen LogP contribution in [-0.4, -0.2) is 19.1 Å². The quantitative estimate of drug-likeness (QED) is 0.414. The standard InChI is InChI=1S/C6H15N3O/c7-4-2-1-3-6(8)5-9-10/h6H,1-5,7-8H2. The van der Waals surface area contributed by atoms with Gasteiger partial charge < -0.3 is 11.5 Å². The number of hydrogen-bond donors (Lipinski definition) is 2. The number of nitroso groups, excluding NO2 is 1. The molecule has 4 N–H and O–H groups in total. The highest BCUT2D eigenvalue weighted by atomic mass is 16.3. The molecule has 0 heterocycles. The fourth-order valence-electron chi connectivity index (χ4n) is 0.738. The van der Waals surface area contributed by atoms with E-state index in [2.05, 4.69) is 5.18 Å². The van der Waals surface area contributed by atoms with E-state index in [0.717, 1.165) is 19.3 Å². The van der Waals surface area contributed by atoms with Gasteiger partial charge in [-0.3, -0.25) is 0 Å². The van der Waals surface area contributed by atoms with Crippen molar-refractivity contribution in [1.29, 1.82) is 0 Å². The third-order valence-electron chi connectivity index (χ3n) is 1.34. The molecule has 0 aliphatic carbocycles. The summed E-state index contributed by atoms with van der Waals surface area (Å²) in [5.74, 6) is 0. The van der Waals surface area contributed by atoms with Crippen molar-refractivity contribution in [2.75, 3.05) is 13.1 Å². The highest BCUT2D eigenvalue weighted by Crippen LogP contribution is 1.97. The van der Waals surface area contributed by atoms with Crippen molar-refractivity contribution in [2.45, 2.75) is 25.3 Å². The van der Waals surface area contributed by atoms with Crippen molar-refractivity contribution in [2.24, 2.45) is 16.6 Å². The first kappa shape index (κ1) is 9.52. The molecule has 0 saturated heterocycles. The summed E-state index contributed by atoms with van der Waals surface area (Å²) in [6, 6.07) is -0.0657. The van der Waals surface area contributed by atoms with Crippen LogP contribution in [0.2, 0.25) is 0 Å². The van der Waals surface area contributed by atoms with Gasteiger partial charge in [-0.2, -0.15) is 4.91 Å². The van der Waals surface area contributed by atoms with Gasteiger partial charge >= 0.3 is 0 Å². The van der Waals surface area contributed by atoms with Crippen LogP contribution in [0.4, 0.5) is 0 Å². The predicted molar refractivity (Wildman–Crippen MR) is 41.5 cm³/mol. The van der Waals surface area contributed by atoms with Crippen molar-refractivity contribution >= 4 is 0 Å². The van der Waals surface area contributed by atoms with Crippen LogP contribution in [0.3, 0.4) is 0 Å². The fourth-order valence-corrected chi connectivity index (χ4v) is 0.738. The molecular formula is C6H15N3O. The van der Waals surface area contributed by atoms with Crippen LogP contribution in [-0.2, 0) is 0 Å². The summed E-state index contributed by atoms with van der Waals surface area (Å²) in [5, 5.41) is 2.71. The molecule has 0 aliphatic rings. The lowest BCUT2D eigenvalue weighted by molar-refractivity contribution is 0.574. The van der Waals surface area contributed by atoms with Gasteiger partial charge in [0.1, 0.15) is 0 Å². The van der Waals surface area contributed by atoms with E-state index in [1.54, 1.807) is 0 Å². The Labute approximate surface area is 60.9 Å². The summed E-state index contributed by atoms with van der Waals surface area (Å²) in [4.78, 5) is 9.69. The molecule has 0 aromatic heterocycles. The number of nitrogens with two attached hydrogens (primary N) is 2. The van der Waals surface area contributed by atoms with E-state index in [-0.39, 0.29) is 12.6 Å². The summed E-state index contributed by atoms with van der Waals surface area (Å²) < 4.78 is 0. The fraction of sp³-hybridized carbons (Fsp3) is 1.00. The maximum atomic E-state index is 9.69. The van der Waals surface area contributed by atoms with Crippen LogP contribution >= 0.6 is 0 Å². The van der Waals surface area contributed by atoms with E-state index in [1.807, 2.05) is 0 Å². The van der Waals surface area contributed by atoms with Crippen LogP contribution in [0.25, 0.3) is 0 Å². The monoisotopic (exact) mass is 145 g/mol. The van der Waals surface area contributed by atoms with Crippen molar-refractivity contribution in [1.82, 2.24) is 0 Å². The average molecular weight is 145 g/mol. The van der Waals surface area contributed by atoms with Gasteiger partial charge in [-0.05, 0) is 19.4 Å². The second kappa shape index (κ2) is 6.64. The van der Waals surface area contributed by atoms with Gasteiger partial charge in [0.25, 0.3) is 0 Å². The molecule has 60 valence electrons. The third kappa shape index (κ3) is 5.65. The largest absolute Gasteiger partial charge is 0.330 e. The molecule has 0 aromatic carbocycles. The van der Waals surface area contributed by atoms with Gasteiger partial charge in [0.15, 0.2) is 0 Å². The molecule has 4 nitrogen and oxygen atoms in total. The van der Waals surface area contributed by atoms with Gasteiger partial charge in [0.2, 0.25) is 0 Å². The zero-order valence-electron chi connectivity index (χ0n) is 6.12. The Kier molecular flexibility index (Phi) is 6.32. The summed E-state index contributed by atoms with van der Waals surface area (Å²) in [7, 11) is 0. The maximum Gasteiger partial charge on any atom is 0.0962 e. The Morgan fingerprint density at radius 3 is 2.60 bits per heavy atom. The maximum absolute atomic E-state index is 9.69. The molecule has 10 heavy (non-hydrogen) atoms. The first-order valence-corrected chi connectivity index (χ1v) is 3.56. The summed E-state index contributed by atoms with van der Waals surface area (Å²) >= 11 is 0. The van der Waals surface area contributed by atoms with Crippen LogP contribution in [0.5, 0.6) is 0 Å². The second-order valence-electron chi connectivity index (χ2n) is 2.36. The van der Waals surface area contributed by atoms with Crippen molar-refractivity contribution < 1.29 is 0 Å². The number of unbranched alkanes of at least 4 members (excludes halogenated alkanes) is 1. The topological polar surface area (TPSA) is 81.5 Å². The first-order chi connectivity index (χ1) is 4.81. The molecule has 0 aromatic rings. The van der Waals surface area contributed by atoms with Gasteiger partial charge in [-0.25, -0.2) is 0 Å². The highest BCUT2D eigenvalue weighted by Gasteiger charge is 1.99. The third-order valence-corrected chi connectivity index (χ3v) is 1.34. The number of rotatable bonds is 6. The Hall–Kier alpha value is -0.480. The second-order valence-corrected chi connectivity index (χ2v) is 2.36. The Bertz CT molecular complexity index is 87.1. The van der Waals surface area contributed by atoms with E-state index in [0.29, 0.717) is 6.54 Å². The molecule has 0 saturated carbocycles. The predicted octanol–water partition coefficient (Wildman–Crippen LogP) is 0.209. The zero-order chi connectivity index (χ0) is 7.82. The molecule has 0 radical (unpaired) electrons. The van der Waals surface area contributed by atoms with Crippen LogP contribution in [0.15, 0.2) is 5.18 Å². The number of hydrogen-bond acceptors (Lipinski definition) is 4. The highest BCUT2D eigenvalue weighted by molar-refractivity contribution is 4.63. The minimum Gasteiger partial charge on any atom is -0.330 e. The Balaban J connectivity index is 3.04. The lowest BCUT2D eigenvalue weighted by atomic mass is 10.1. The van der Waals surface area contributed by atoms with Crippen molar-refractivity contribution in [3.8, 4) is 0 Å². The first-order valence-electron chi connectivity index (χ1n) is 3.56. The molecule has 0 spiro atoms. The van der Waals surface area contributed by atoms with Crippen LogP contribution < -0.4 is 11.5 Å². The average Bonchev–Trinajstić information content (AvgIpc) is 1.89. The van der Waals surface area contributed by atoms with E-state index < -0.39 is 0 Å². The van der Waals surface area contributed by atoms with Gasteiger partial charge in [0, 0.05) is 6.04 Å². The molecule has 1 unspecified atom stereocenters. The van der Waals surface area contributed by atoms with Crippen LogP contribution in [0.1, 0.15) is 19.3 Å². The van der Waals surface area contributed by atoms with Crippen molar-refractivity contribution in [3.63, 3.8) is 0 Å². The SMILES string of the molecule is NCCCCC(N)CN=O. The lowest BCUT2D eigenvalue weighted by Gasteiger charge is -2.04. The van der Waals surface area contributed by atoms with Gasteiger partial charge in [-0.15, -0.1) is 0 Å². The summed E-state index contributed by atoms with van der Waals surface area (Å²) in [6.45, 7) is 0.922. The molecule has 0 rings (SSSR count). The Morgan fingerprint density at radius 2 is 2.10 bits per heavy atom. The lowest BCUT2D eigenvalue weighted by Crippen LogP contribution is -2.23. The molecule has 1 atom stereocenters. The van der Waals surface area contributed by atoms with Crippen LogP contribution in [0, 0.1) is 4.91 Å². The number of nitrogens with zero attached hydrogens (tertiary/aromatic N) is 1. The molecule has 0 aliphatic heterocycles. The molecular weight excluding hydrogens is 130 g/mol. The van der Waals surface area contributed by atoms with E-state index in [9.17, 15) is 4.91 Å². The van der Waals surface area contributed by atoms with Crippen molar-refractivity contribution in [3.05, 3.63) is 4.91 Å². The minimum absolute atomic E-state index is 0.0657. The minimum atomic E-state index is -0.0657. The smallest absolute Gasteiger partial charge is 0.0962 e. The van der Waals surface area contributed by atoms with E-state index in [1.165, 1.54) is 0 Å².